The van der Waals surface area contributed by atoms with Gasteiger partial charge in [-0.05, 0) is 73.8 Å². The molecule has 2 aliphatic carbocycles. The van der Waals surface area contributed by atoms with Crippen molar-refractivity contribution >= 4 is 5.78 Å². The van der Waals surface area contributed by atoms with Crippen molar-refractivity contribution in [1.82, 2.24) is 5.16 Å². The number of hydrogen-bond acceptors (Lipinski definition) is 4. The van der Waals surface area contributed by atoms with Crippen LogP contribution in [0, 0.1) is 6.92 Å². The molecule has 1 saturated carbocycles. The van der Waals surface area contributed by atoms with Gasteiger partial charge in [0.2, 0.25) is 0 Å². The number of carbonyl (C=O) groups excluding carboxylic acids is 1. The van der Waals surface area contributed by atoms with Crippen LogP contribution in [-0.2, 0) is 17.6 Å². The Morgan fingerprint density at radius 1 is 1.32 bits per heavy atom. The summed E-state index contributed by atoms with van der Waals surface area (Å²) in [5.74, 6) is 1.19. The van der Waals surface area contributed by atoms with Crippen LogP contribution in [0.1, 0.15) is 88.6 Å². The zero-order chi connectivity index (χ0) is 17.6. The van der Waals surface area contributed by atoms with Crippen molar-refractivity contribution in [2.24, 2.45) is 0 Å². The highest BCUT2D eigenvalue weighted by molar-refractivity contribution is 6.11. The molecule has 2 aliphatic rings. The first kappa shape index (κ1) is 16.5. The Morgan fingerprint density at radius 2 is 2.12 bits per heavy atom. The van der Waals surface area contributed by atoms with Crippen molar-refractivity contribution in [1.29, 1.82) is 0 Å². The number of carbonyl (C=O) groups is 1. The Morgan fingerprint density at radius 3 is 2.80 bits per heavy atom. The van der Waals surface area contributed by atoms with E-state index in [0.29, 0.717) is 11.5 Å². The summed E-state index contributed by atoms with van der Waals surface area (Å²) in [6.45, 7) is 4.24. The van der Waals surface area contributed by atoms with Crippen molar-refractivity contribution in [3.63, 3.8) is 0 Å². The molecule has 4 heteroatoms. The summed E-state index contributed by atoms with van der Waals surface area (Å²) < 4.78 is 11.2. The summed E-state index contributed by atoms with van der Waals surface area (Å²) in [6, 6.07) is 2.07. The fourth-order valence-corrected chi connectivity index (χ4v) is 4.28. The molecule has 0 radical (unpaired) electrons. The fraction of sp³-hybridized carbons (Fsp3) is 0.524. The largest absolute Gasteiger partial charge is 0.377 e. The van der Waals surface area contributed by atoms with E-state index in [4.69, 9.17) is 9.26 Å². The van der Waals surface area contributed by atoms with Crippen molar-refractivity contribution in [3.8, 4) is 0 Å². The molecule has 0 saturated heterocycles. The first-order chi connectivity index (χ1) is 12.2. The smallest absolute Gasteiger partial charge is 0.198 e. The minimum Gasteiger partial charge on any atom is -0.377 e. The first-order valence-corrected chi connectivity index (χ1v) is 9.33. The molecule has 1 fully saturated rings. The normalized spacial score (nSPS) is 19.7. The monoisotopic (exact) mass is 339 g/mol. The zero-order valence-corrected chi connectivity index (χ0v) is 15.2. The van der Waals surface area contributed by atoms with Gasteiger partial charge in [0.1, 0.15) is 0 Å². The van der Waals surface area contributed by atoms with Crippen LogP contribution in [0.5, 0.6) is 0 Å². The molecule has 0 bridgehead atoms. The highest BCUT2D eigenvalue weighted by Crippen LogP contribution is 2.43. The van der Waals surface area contributed by atoms with E-state index in [1.165, 1.54) is 16.7 Å². The van der Waals surface area contributed by atoms with Crippen LogP contribution >= 0.6 is 0 Å². The van der Waals surface area contributed by atoms with Crippen LogP contribution in [0.2, 0.25) is 0 Å². The third-order valence-electron chi connectivity index (χ3n) is 5.70. The molecule has 2 aromatic rings. The Labute approximate surface area is 148 Å². The van der Waals surface area contributed by atoms with Crippen LogP contribution in [-0.4, -0.2) is 18.0 Å². The quantitative estimate of drug-likeness (QED) is 0.742. The number of aromatic nitrogens is 1. The average Bonchev–Trinajstić information content (AvgIpc) is 3.37. The number of hydrogen-bond donors (Lipinski definition) is 0. The predicted molar refractivity (Wildman–Crippen MR) is 95.2 cm³/mol. The summed E-state index contributed by atoms with van der Waals surface area (Å²) in [6.07, 6.45) is 7.93. The number of ether oxygens (including phenoxy) is 1. The molecule has 4 nitrogen and oxygen atoms in total. The number of nitrogens with zero attached hydrogens (tertiary/aromatic N) is 1. The lowest BCUT2D eigenvalue weighted by Crippen LogP contribution is -2.19. The van der Waals surface area contributed by atoms with E-state index < -0.39 is 0 Å². The molecule has 1 heterocycles. The van der Waals surface area contributed by atoms with Gasteiger partial charge in [-0.2, -0.15) is 0 Å². The highest BCUT2D eigenvalue weighted by atomic mass is 16.5. The van der Waals surface area contributed by atoms with Crippen LogP contribution in [0.25, 0.3) is 0 Å². The Hall–Kier alpha value is -1.94. The molecule has 0 spiro atoms. The van der Waals surface area contributed by atoms with Gasteiger partial charge in [-0.25, -0.2) is 0 Å². The van der Waals surface area contributed by atoms with Crippen molar-refractivity contribution in [2.75, 3.05) is 7.11 Å². The maximum atomic E-state index is 13.3. The van der Waals surface area contributed by atoms with E-state index >= 15 is 0 Å². The maximum Gasteiger partial charge on any atom is 0.198 e. The third-order valence-corrected chi connectivity index (χ3v) is 5.70. The van der Waals surface area contributed by atoms with Crippen LogP contribution in [0.15, 0.2) is 16.8 Å². The second kappa shape index (κ2) is 6.41. The van der Waals surface area contributed by atoms with E-state index in [1.54, 1.807) is 13.3 Å². The molecular formula is C21H25NO3. The number of methoxy groups -OCH3 is 1. The topological polar surface area (TPSA) is 52.3 Å². The maximum absolute atomic E-state index is 13.3. The van der Waals surface area contributed by atoms with Gasteiger partial charge in [-0.15, -0.1) is 0 Å². The summed E-state index contributed by atoms with van der Waals surface area (Å²) in [5.41, 5.74) is 6.40. The molecule has 132 valence electrons. The van der Waals surface area contributed by atoms with Gasteiger partial charge in [0, 0.05) is 18.6 Å². The number of fused-ring (bicyclic) bond motifs is 1. The second-order valence-electron chi connectivity index (χ2n) is 7.29. The minimum absolute atomic E-state index is 0.0475. The van der Waals surface area contributed by atoms with E-state index in [0.717, 1.165) is 55.4 Å². The molecule has 1 atom stereocenters. The van der Waals surface area contributed by atoms with Crippen LogP contribution < -0.4 is 0 Å². The van der Waals surface area contributed by atoms with E-state index in [1.807, 2.05) is 0 Å². The van der Waals surface area contributed by atoms with E-state index in [2.05, 4.69) is 25.1 Å². The Kier molecular flexibility index (Phi) is 4.24. The van der Waals surface area contributed by atoms with Gasteiger partial charge < -0.3 is 9.26 Å². The predicted octanol–water partition coefficient (Wildman–Crippen LogP) is 4.68. The average molecular weight is 339 g/mol. The Balaban J connectivity index is 1.85. The molecule has 25 heavy (non-hydrogen) atoms. The number of aryl methyl sites for hydroxylation is 1. The molecule has 4 rings (SSSR count). The lowest BCUT2D eigenvalue weighted by molar-refractivity contribution is 0.0869. The SMILES string of the molecule is CCc1c(C(=O)c2cnoc2C2CC2)cc(C)c2c1C(OC)CCC2. The fourth-order valence-electron chi connectivity index (χ4n) is 4.28. The number of rotatable bonds is 5. The summed E-state index contributed by atoms with van der Waals surface area (Å²) in [4.78, 5) is 13.3. The van der Waals surface area contributed by atoms with Crippen molar-refractivity contribution in [2.45, 2.75) is 64.4 Å². The lowest BCUT2D eigenvalue weighted by atomic mass is 9.79. The van der Waals surface area contributed by atoms with Gasteiger partial charge >= 0.3 is 0 Å². The molecule has 0 amide bonds. The minimum atomic E-state index is 0.0475. The molecule has 0 N–H and O–H groups in total. The first-order valence-electron chi connectivity index (χ1n) is 9.33. The third kappa shape index (κ3) is 2.73. The number of benzene rings is 1. The van der Waals surface area contributed by atoms with Gasteiger partial charge in [0.15, 0.2) is 11.5 Å². The van der Waals surface area contributed by atoms with Crippen LogP contribution in [0.3, 0.4) is 0 Å². The van der Waals surface area contributed by atoms with Crippen molar-refractivity contribution < 1.29 is 14.1 Å². The van der Waals surface area contributed by atoms with Crippen LogP contribution in [0.4, 0.5) is 0 Å². The molecule has 1 aromatic heterocycles. The molecule has 1 unspecified atom stereocenters. The van der Waals surface area contributed by atoms with E-state index in [9.17, 15) is 4.79 Å². The standard InChI is InChI=1S/C21H25NO3/c1-4-14-16(20(23)17-11-22-25-21(17)13-8-9-13)10-12(2)15-6-5-7-18(24-3)19(14)15/h10-11,13,18H,4-9H2,1-3H3. The van der Waals surface area contributed by atoms with Gasteiger partial charge in [-0.1, -0.05) is 12.1 Å². The van der Waals surface area contributed by atoms with E-state index in [-0.39, 0.29) is 11.9 Å². The molecule has 0 aliphatic heterocycles. The van der Waals surface area contributed by atoms with Gasteiger partial charge in [0.05, 0.1) is 17.9 Å². The number of ketones is 1. The van der Waals surface area contributed by atoms with Gasteiger partial charge in [-0.3, -0.25) is 4.79 Å². The highest BCUT2D eigenvalue weighted by Gasteiger charge is 2.34. The molecule has 1 aromatic carbocycles. The second-order valence-corrected chi connectivity index (χ2v) is 7.29. The summed E-state index contributed by atoms with van der Waals surface area (Å²) >= 11 is 0. The molecular weight excluding hydrogens is 314 g/mol. The lowest BCUT2D eigenvalue weighted by Gasteiger charge is -2.29. The summed E-state index contributed by atoms with van der Waals surface area (Å²) in [5, 5.41) is 3.91. The summed E-state index contributed by atoms with van der Waals surface area (Å²) in [7, 11) is 1.77. The van der Waals surface area contributed by atoms with Gasteiger partial charge in [0.25, 0.3) is 0 Å². The van der Waals surface area contributed by atoms with Crippen molar-refractivity contribution in [3.05, 3.63) is 51.4 Å². The zero-order valence-electron chi connectivity index (χ0n) is 15.2. The Bertz CT molecular complexity index is 817.